The highest BCUT2D eigenvalue weighted by atomic mass is 16.5. The molecular weight excluding hydrogens is 386 g/mol. The fraction of sp³-hybridized carbons (Fsp3) is 0.852. The lowest BCUT2D eigenvalue weighted by Crippen LogP contribution is -2.65. The van der Waals surface area contributed by atoms with Crippen LogP contribution < -0.4 is 5.73 Å². The second kappa shape index (κ2) is 7.60. The van der Waals surface area contributed by atoms with Crippen LogP contribution in [0, 0.1) is 34.5 Å². The first kappa shape index (κ1) is 22.0. The maximum Gasteiger partial charge on any atom is 0.101 e. The van der Waals surface area contributed by atoms with E-state index in [9.17, 15) is 5.11 Å². The topological polar surface area (TPSA) is 68.6 Å². The minimum Gasteiger partial charge on any atom is -0.472 e. The SMILES string of the molecule is CO[C@@]12CCC(O)(c3ccoc3)[C@@]1(C)CC[C@@H]1[C@H]2CCC2CCC(CCCN)C[C@@]21C. The van der Waals surface area contributed by atoms with Crippen LogP contribution in [-0.4, -0.2) is 24.4 Å². The smallest absolute Gasteiger partial charge is 0.101 e. The van der Waals surface area contributed by atoms with Crippen molar-refractivity contribution in [3.8, 4) is 0 Å². The van der Waals surface area contributed by atoms with Crippen molar-refractivity contribution in [2.45, 2.75) is 95.7 Å². The van der Waals surface area contributed by atoms with E-state index in [2.05, 4.69) is 13.8 Å². The van der Waals surface area contributed by atoms with Crippen LogP contribution in [0.4, 0.5) is 0 Å². The summed E-state index contributed by atoms with van der Waals surface area (Å²) in [5.41, 5.74) is 5.79. The molecule has 0 aliphatic heterocycles. The summed E-state index contributed by atoms with van der Waals surface area (Å²) in [5.74, 6) is 2.93. The maximum absolute atomic E-state index is 12.1. The van der Waals surface area contributed by atoms with E-state index in [-0.39, 0.29) is 11.0 Å². The first-order valence-corrected chi connectivity index (χ1v) is 12.8. The zero-order valence-electron chi connectivity index (χ0n) is 19.9. The Hall–Kier alpha value is -0.840. The molecule has 0 bridgehead atoms. The van der Waals surface area contributed by atoms with Gasteiger partial charge in [0.2, 0.25) is 0 Å². The molecule has 8 atom stereocenters. The largest absolute Gasteiger partial charge is 0.472 e. The third kappa shape index (κ3) is 2.83. The van der Waals surface area contributed by atoms with Crippen molar-refractivity contribution in [1.29, 1.82) is 0 Å². The highest BCUT2D eigenvalue weighted by Crippen LogP contribution is 2.72. The van der Waals surface area contributed by atoms with Gasteiger partial charge in [0.25, 0.3) is 0 Å². The highest BCUT2D eigenvalue weighted by Gasteiger charge is 2.73. The van der Waals surface area contributed by atoms with Crippen LogP contribution in [0.25, 0.3) is 0 Å². The standard InChI is InChI=1S/C27H43NO3/c1-24-17-19(5-4-15-28)6-7-20(24)8-9-23-22(24)10-12-25(2)26(29,21-11-16-31-18-21)13-14-27(23,25)30-3/h11,16,18-20,22-23,29H,4-10,12-15,17,28H2,1-3H3/t19?,20?,22-,23-,24+,25-,26?,27-/m1/s1. The first-order chi connectivity index (χ1) is 14.8. The summed E-state index contributed by atoms with van der Waals surface area (Å²) in [4.78, 5) is 0. The number of fused-ring (bicyclic) bond motifs is 5. The second-order valence-corrected chi connectivity index (χ2v) is 11.9. The third-order valence-corrected chi connectivity index (χ3v) is 11.2. The average Bonchev–Trinajstić information content (AvgIpc) is 3.38. The number of rotatable bonds is 5. The van der Waals surface area contributed by atoms with E-state index in [0.717, 1.165) is 49.6 Å². The molecule has 0 saturated heterocycles. The predicted molar refractivity (Wildman–Crippen MR) is 122 cm³/mol. The average molecular weight is 430 g/mol. The Kier molecular flexibility index (Phi) is 5.39. The summed E-state index contributed by atoms with van der Waals surface area (Å²) < 4.78 is 12.0. The lowest BCUT2D eigenvalue weighted by molar-refractivity contribution is -0.248. The molecule has 4 aliphatic rings. The predicted octanol–water partition coefficient (Wildman–Crippen LogP) is 5.63. The molecule has 3 N–H and O–H groups in total. The normalized spacial score (nSPS) is 49.3. The van der Waals surface area contributed by atoms with Gasteiger partial charge in [-0.3, -0.25) is 0 Å². The molecule has 0 amide bonds. The van der Waals surface area contributed by atoms with Gasteiger partial charge in [0.15, 0.2) is 0 Å². The molecular formula is C27H43NO3. The van der Waals surface area contributed by atoms with Crippen molar-refractivity contribution in [1.82, 2.24) is 0 Å². The number of methoxy groups -OCH3 is 1. The van der Waals surface area contributed by atoms with E-state index < -0.39 is 5.60 Å². The van der Waals surface area contributed by atoms with Crippen molar-refractivity contribution in [3.63, 3.8) is 0 Å². The molecule has 174 valence electrons. The number of hydrogen-bond acceptors (Lipinski definition) is 4. The Morgan fingerprint density at radius 2 is 1.90 bits per heavy atom. The molecule has 31 heavy (non-hydrogen) atoms. The summed E-state index contributed by atoms with van der Waals surface area (Å²) in [5, 5.41) is 12.1. The minimum atomic E-state index is -0.866. The fourth-order valence-corrected chi connectivity index (χ4v) is 9.54. The molecule has 4 heteroatoms. The quantitative estimate of drug-likeness (QED) is 0.636. The van der Waals surface area contributed by atoms with Crippen LogP contribution in [-0.2, 0) is 10.3 Å². The first-order valence-electron chi connectivity index (χ1n) is 12.8. The zero-order valence-corrected chi connectivity index (χ0v) is 19.9. The van der Waals surface area contributed by atoms with E-state index in [1.807, 2.05) is 13.2 Å². The molecule has 4 saturated carbocycles. The van der Waals surface area contributed by atoms with Gasteiger partial charge >= 0.3 is 0 Å². The Morgan fingerprint density at radius 1 is 1.10 bits per heavy atom. The summed E-state index contributed by atoms with van der Waals surface area (Å²) in [6.07, 6.45) is 16.6. The number of nitrogens with two attached hydrogens (primary N) is 1. The van der Waals surface area contributed by atoms with Gasteiger partial charge < -0.3 is 20.0 Å². The van der Waals surface area contributed by atoms with Gasteiger partial charge in [-0.2, -0.15) is 0 Å². The number of furan rings is 1. The summed E-state index contributed by atoms with van der Waals surface area (Å²) >= 11 is 0. The molecule has 4 nitrogen and oxygen atoms in total. The van der Waals surface area contributed by atoms with E-state index in [1.54, 1.807) is 12.5 Å². The van der Waals surface area contributed by atoms with Crippen LogP contribution in [0.1, 0.15) is 90.0 Å². The zero-order chi connectivity index (χ0) is 21.9. The minimum absolute atomic E-state index is 0.250. The van der Waals surface area contributed by atoms with Crippen LogP contribution >= 0.6 is 0 Å². The molecule has 4 fully saturated rings. The number of hydrogen-bond donors (Lipinski definition) is 2. The Morgan fingerprint density at radius 3 is 2.61 bits per heavy atom. The van der Waals surface area contributed by atoms with Crippen LogP contribution in [0.5, 0.6) is 0 Å². The van der Waals surface area contributed by atoms with E-state index in [0.29, 0.717) is 17.3 Å². The van der Waals surface area contributed by atoms with Crippen LogP contribution in [0.15, 0.2) is 23.0 Å². The Balaban J connectivity index is 1.49. The summed E-state index contributed by atoms with van der Waals surface area (Å²) in [6.45, 7) is 5.75. The molecule has 5 rings (SSSR count). The van der Waals surface area contributed by atoms with E-state index in [1.165, 1.54) is 44.9 Å². The number of ether oxygens (including phenoxy) is 1. The molecule has 1 aromatic heterocycles. The molecule has 1 aromatic rings. The van der Waals surface area contributed by atoms with Crippen molar-refractivity contribution in [2.75, 3.05) is 13.7 Å². The van der Waals surface area contributed by atoms with Gasteiger partial charge in [-0.15, -0.1) is 0 Å². The van der Waals surface area contributed by atoms with E-state index >= 15 is 0 Å². The van der Waals surface area contributed by atoms with Crippen molar-refractivity contribution in [3.05, 3.63) is 24.2 Å². The van der Waals surface area contributed by atoms with Gasteiger partial charge in [-0.25, -0.2) is 0 Å². The van der Waals surface area contributed by atoms with Gasteiger partial charge in [-0.1, -0.05) is 20.3 Å². The van der Waals surface area contributed by atoms with Crippen LogP contribution in [0.2, 0.25) is 0 Å². The van der Waals surface area contributed by atoms with E-state index in [4.69, 9.17) is 14.9 Å². The molecule has 0 aromatic carbocycles. The Labute approximate surface area is 188 Å². The second-order valence-electron chi connectivity index (χ2n) is 11.9. The Bertz CT molecular complexity index is 779. The highest BCUT2D eigenvalue weighted by molar-refractivity contribution is 5.30. The monoisotopic (exact) mass is 429 g/mol. The van der Waals surface area contributed by atoms with Gasteiger partial charge in [0, 0.05) is 18.1 Å². The maximum atomic E-state index is 12.1. The van der Waals surface area contributed by atoms with Crippen molar-refractivity contribution in [2.24, 2.45) is 40.2 Å². The molecule has 0 spiro atoms. The lowest BCUT2D eigenvalue weighted by Gasteiger charge is -2.65. The number of aliphatic hydroxyl groups is 1. The third-order valence-electron chi connectivity index (χ3n) is 11.2. The van der Waals surface area contributed by atoms with Gasteiger partial charge in [0.1, 0.15) is 5.60 Å². The molecule has 0 radical (unpaired) electrons. The fourth-order valence-electron chi connectivity index (χ4n) is 9.54. The van der Waals surface area contributed by atoms with Crippen molar-refractivity contribution < 1.29 is 14.3 Å². The van der Waals surface area contributed by atoms with Crippen LogP contribution in [0.3, 0.4) is 0 Å². The molecule has 3 unspecified atom stereocenters. The lowest BCUT2D eigenvalue weighted by atomic mass is 9.42. The van der Waals surface area contributed by atoms with Crippen molar-refractivity contribution >= 4 is 0 Å². The molecule has 1 heterocycles. The summed E-state index contributed by atoms with van der Waals surface area (Å²) in [7, 11) is 1.92. The van der Waals surface area contributed by atoms with Gasteiger partial charge in [-0.05, 0) is 106 Å². The van der Waals surface area contributed by atoms with Gasteiger partial charge in [0.05, 0.1) is 18.1 Å². The molecule has 4 aliphatic carbocycles. The summed E-state index contributed by atoms with van der Waals surface area (Å²) in [6, 6.07) is 1.96.